The van der Waals surface area contributed by atoms with Gasteiger partial charge in [0.05, 0.1) is 12.2 Å². The van der Waals surface area contributed by atoms with Crippen molar-refractivity contribution in [3.63, 3.8) is 0 Å². The second-order valence-corrected chi connectivity index (χ2v) is 6.49. The maximum Gasteiger partial charge on any atom is 0.248 e. The fourth-order valence-corrected chi connectivity index (χ4v) is 3.35. The highest BCUT2D eigenvalue weighted by molar-refractivity contribution is 5.76. The summed E-state index contributed by atoms with van der Waals surface area (Å²) in [4.78, 5) is 18.2. The van der Waals surface area contributed by atoms with Crippen molar-refractivity contribution in [3.05, 3.63) is 12.2 Å². The number of amides is 1. The number of aromatic nitrogens is 3. The topological polar surface area (TPSA) is 71.1 Å². The molecule has 1 aliphatic heterocycles. The number of hydrogen-bond acceptors (Lipinski definition) is 4. The van der Waals surface area contributed by atoms with Gasteiger partial charge in [0.15, 0.2) is 0 Å². The average Bonchev–Trinajstić information content (AvgIpc) is 3.04. The van der Waals surface area contributed by atoms with Crippen LogP contribution in [0.2, 0.25) is 0 Å². The van der Waals surface area contributed by atoms with Crippen molar-refractivity contribution in [1.82, 2.24) is 20.1 Å². The van der Waals surface area contributed by atoms with Gasteiger partial charge in [-0.2, -0.15) is 5.10 Å². The zero-order valence-electron chi connectivity index (χ0n) is 13.1. The molecule has 128 valence electrons. The molecule has 0 unspecified atom stereocenters. The number of halogens is 2. The monoisotopic (exact) mass is 328 g/mol. The molecule has 1 N–H and O–H groups in total. The van der Waals surface area contributed by atoms with Crippen LogP contribution in [-0.2, 0) is 16.0 Å². The molecule has 0 radical (unpaired) electrons. The molecule has 8 heteroatoms. The maximum absolute atomic E-state index is 13.3. The standard InChI is InChI=1S/C15H22F2N4O2/c16-15(17)6-4-14(5-7-15)10-21(8-9-23-14)13(22)3-1-2-12-18-11-19-20-12/h11H,1-10H2,(H,18,19,20). The summed E-state index contributed by atoms with van der Waals surface area (Å²) >= 11 is 0. The van der Waals surface area contributed by atoms with E-state index < -0.39 is 11.5 Å². The van der Waals surface area contributed by atoms with Gasteiger partial charge in [0.25, 0.3) is 0 Å². The summed E-state index contributed by atoms with van der Waals surface area (Å²) in [6.45, 7) is 1.41. The van der Waals surface area contributed by atoms with Gasteiger partial charge in [0.1, 0.15) is 12.2 Å². The smallest absolute Gasteiger partial charge is 0.248 e. The summed E-state index contributed by atoms with van der Waals surface area (Å²) in [5.74, 6) is -1.76. The van der Waals surface area contributed by atoms with Crippen molar-refractivity contribution >= 4 is 5.91 Å². The molecular weight excluding hydrogens is 306 g/mol. The lowest BCUT2D eigenvalue weighted by atomic mass is 9.81. The number of nitrogens with zero attached hydrogens (tertiary/aromatic N) is 3. The Balaban J connectivity index is 1.49. The van der Waals surface area contributed by atoms with Crippen LogP contribution in [0.1, 0.15) is 44.3 Å². The molecule has 2 heterocycles. The second kappa shape index (κ2) is 6.51. The minimum atomic E-state index is -2.59. The van der Waals surface area contributed by atoms with Crippen molar-refractivity contribution in [2.45, 2.75) is 56.5 Å². The number of alkyl halides is 2. The van der Waals surface area contributed by atoms with E-state index in [2.05, 4.69) is 15.2 Å². The summed E-state index contributed by atoms with van der Waals surface area (Å²) in [7, 11) is 0. The third-order valence-corrected chi connectivity index (χ3v) is 4.76. The molecular formula is C15H22F2N4O2. The number of hydrogen-bond donors (Lipinski definition) is 1. The Morgan fingerprint density at radius 3 is 2.83 bits per heavy atom. The minimum absolute atomic E-state index is 0.0597. The number of H-pyrrole nitrogens is 1. The van der Waals surface area contributed by atoms with Gasteiger partial charge in [-0.25, -0.2) is 13.8 Å². The molecule has 1 amide bonds. The summed E-state index contributed by atoms with van der Waals surface area (Å²) in [6.07, 6.45) is 3.57. The van der Waals surface area contributed by atoms with Crippen molar-refractivity contribution < 1.29 is 18.3 Å². The third-order valence-electron chi connectivity index (χ3n) is 4.76. The molecule has 2 fully saturated rings. The number of nitrogens with one attached hydrogen (secondary N) is 1. The summed E-state index contributed by atoms with van der Waals surface area (Å²) in [6, 6.07) is 0. The predicted molar refractivity (Wildman–Crippen MR) is 78.0 cm³/mol. The van der Waals surface area contributed by atoms with Gasteiger partial charge in [0, 0.05) is 38.8 Å². The average molecular weight is 328 g/mol. The van der Waals surface area contributed by atoms with Gasteiger partial charge in [-0.15, -0.1) is 0 Å². The van der Waals surface area contributed by atoms with Crippen LogP contribution < -0.4 is 0 Å². The first-order chi connectivity index (χ1) is 11.0. The number of carbonyl (C=O) groups excluding carboxylic acids is 1. The van der Waals surface area contributed by atoms with Gasteiger partial charge in [-0.3, -0.25) is 9.89 Å². The van der Waals surface area contributed by atoms with Crippen LogP contribution in [0.4, 0.5) is 8.78 Å². The van der Waals surface area contributed by atoms with Gasteiger partial charge in [-0.05, 0) is 19.3 Å². The molecule has 6 nitrogen and oxygen atoms in total. The van der Waals surface area contributed by atoms with E-state index in [-0.39, 0.29) is 18.7 Å². The lowest BCUT2D eigenvalue weighted by Crippen LogP contribution is -2.56. The van der Waals surface area contributed by atoms with E-state index in [0.29, 0.717) is 51.8 Å². The molecule has 1 aromatic rings. The number of ether oxygens (including phenoxy) is 1. The van der Waals surface area contributed by atoms with Crippen LogP contribution in [0.15, 0.2) is 6.33 Å². The molecule has 1 saturated carbocycles. The van der Waals surface area contributed by atoms with E-state index in [4.69, 9.17) is 4.74 Å². The Morgan fingerprint density at radius 1 is 1.35 bits per heavy atom. The Morgan fingerprint density at radius 2 is 2.13 bits per heavy atom. The normalized spacial score (nSPS) is 23.1. The maximum atomic E-state index is 13.3. The highest BCUT2D eigenvalue weighted by Crippen LogP contribution is 2.41. The first-order valence-corrected chi connectivity index (χ1v) is 8.12. The van der Waals surface area contributed by atoms with E-state index >= 15 is 0 Å². The van der Waals surface area contributed by atoms with Gasteiger partial charge >= 0.3 is 0 Å². The first-order valence-electron chi connectivity index (χ1n) is 8.12. The number of morpholine rings is 1. The fourth-order valence-electron chi connectivity index (χ4n) is 3.35. The fraction of sp³-hybridized carbons (Fsp3) is 0.800. The molecule has 1 saturated heterocycles. The molecule has 0 atom stereocenters. The Bertz CT molecular complexity index is 526. The van der Waals surface area contributed by atoms with Gasteiger partial charge in [0.2, 0.25) is 11.8 Å². The van der Waals surface area contributed by atoms with E-state index in [0.717, 1.165) is 5.82 Å². The summed E-state index contributed by atoms with van der Waals surface area (Å²) < 4.78 is 32.5. The van der Waals surface area contributed by atoms with Crippen LogP contribution in [0.5, 0.6) is 0 Å². The van der Waals surface area contributed by atoms with Gasteiger partial charge in [-0.1, -0.05) is 0 Å². The van der Waals surface area contributed by atoms with Gasteiger partial charge < -0.3 is 9.64 Å². The van der Waals surface area contributed by atoms with Crippen molar-refractivity contribution in [2.75, 3.05) is 19.7 Å². The van der Waals surface area contributed by atoms with Crippen LogP contribution in [0.3, 0.4) is 0 Å². The highest BCUT2D eigenvalue weighted by Gasteiger charge is 2.46. The van der Waals surface area contributed by atoms with E-state index in [1.165, 1.54) is 6.33 Å². The number of aromatic amines is 1. The molecule has 1 spiro atoms. The quantitative estimate of drug-likeness (QED) is 0.917. The van der Waals surface area contributed by atoms with E-state index in [1.807, 2.05) is 0 Å². The molecule has 0 bridgehead atoms. The second-order valence-electron chi connectivity index (χ2n) is 6.49. The van der Waals surface area contributed by atoms with E-state index in [1.54, 1.807) is 4.90 Å². The predicted octanol–water partition coefficient (Wildman–Crippen LogP) is 1.93. The molecule has 1 aliphatic carbocycles. The largest absolute Gasteiger partial charge is 0.371 e. The molecule has 1 aromatic heterocycles. The lowest BCUT2D eigenvalue weighted by Gasteiger charge is -2.46. The van der Waals surface area contributed by atoms with E-state index in [9.17, 15) is 13.6 Å². The Labute approximate surface area is 133 Å². The van der Waals surface area contributed by atoms with Crippen molar-refractivity contribution in [2.24, 2.45) is 0 Å². The lowest BCUT2D eigenvalue weighted by molar-refractivity contribution is -0.174. The first kappa shape index (κ1) is 16.3. The van der Waals surface area contributed by atoms with Crippen LogP contribution in [-0.4, -0.2) is 57.2 Å². The van der Waals surface area contributed by atoms with Crippen LogP contribution in [0.25, 0.3) is 0 Å². The molecule has 23 heavy (non-hydrogen) atoms. The Hall–Kier alpha value is -1.57. The minimum Gasteiger partial charge on any atom is -0.371 e. The zero-order chi connectivity index (χ0) is 16.3. The highest BCUT2D eigenvalue weighted by atomic mass is 19.3. The SMILES string of the molecule is O=C(CCCc1ncn[nH]1)N1CCOC2(CCC(F)(F)CC2)C1. The number of carbonyl (C=O) groups is 1. The summed E-state index contributed by atoms with van der Waals surface area (Å²) in [5.41, 5.74) is -0.569. The molecule has 2 aliphatic rings. The summed E-state index contributed by atoms with van der Waals surface area (Å²) in [5, 5.41) is 6.54. The number of rotatable bonds is 4. The molecule has 0 aromatic carbocycles. The number of aryl methyl sites for hydroxylation is 1. The van der Waals surface area contributed by atoms with Crippen LogP contribution in [0, 0.1) is 0 Å². The van der Waals surface area contributed by atoms with Crippen molar-refractivity contribution in [1.29, 1.82) is 0 Å². The van der Waals surface area contributed by atoms with Crippen molar-refractivity contribution in [3.8, 4) is 0 Å². The Kier molecular flexibility index (Phi) is 4.61. The van der Waals surface area contributed by atoms with Crippen LogP contribution >= 0.6 is 0 Å². The third kappa shape index (κ3) is 4.04. The zero-order valence-corrected chi connectivity index (χ0v) is 13.1. The molecule has 3 rings (SSSR count).